The van der Waals surface area contributed by atoms with Crippen molar-refractivity contribution < 1.29 is 9.90 Å². The third kappa shape index (κ3) is 4.36. The van der Waals surface area contributed by atoms with Crippen LogP contribution in [0.4, 0.5) is 10.5 Å². The smallest absolute Gasteiger partial charge is 0.319 e. The van der Waals surface area contributed by atoms with Crippen LogP contribution in [0.3, 0.4) is 0 Å². The van der Waals surface area contributed by atoms with Crippen LogP contribution in [0.5, 0.6) is 0 Å². The van der Waals surface area contributed by atoms with Gasteiger partial charge in [-0.05, 0) is 42.5 Å². The van der Waals surface area contributed by atoms with Gasteiger partial charge in [-0.2, -0.15) is 0 Å². The fourth-order valence-electron chi connectivity index (χ4n) is 1.76. The molecule has 106 valence electrons. The molecule has 0 bridgehead atoms. The van der Waals surface area contributed by atoms with E-state index in [0.29, 0.717) is 13.0 Å². The molecule has 0 saturated carbocycles. The van der Waals surface area contributed by atoms with Gasteiger partial charge >= 0.3 is 6.03 Å². The molecule has 0 radical (unpaired) electrons. The minimum atomic E-state index is -0.405. The number of hydrogen-bond acceptors (Lipinski definition) is 3. The van der Waals surface area contributed by atoms with Crippen LogP contribution in [0.2, 0.25) is 0 Å². The van der Waals surface area contributed by atoms with Crippen molar-refractivity contribution in [1.82, 2.24) is 5.32 Å². The third-order valence-corrected chi connectivity index (χ3v) is 3.69. The van der Waals surface area contributed by atoms with Crippen molar-refractivity contribution in [1.29, 1.82) is 0 Å². The Balaban J connectivity index is 1.93. The number of urea groups is 1. The van der Waals surface area contributed by atoms with E-state index in [2.05, 4.69) is 10.6 Å². The van der Waals surface area contributed by atoms with Crippen LogP contribution >= 0.6 is 11.3 Å². The highest BCUT2D eigenvalue weighted by Gasteiger charge is 2.04. The number of carbonyl (C=O) groups is 1. The Bertz CT molecular complexity index is 553. The molecule has 5 heteroatoms. The van der Waals surface area contributed by atoms with Crippen molar-refractivity contribution in [3.05, 3.63) is 41.8 Å². The third-order valence-electron chi connectivity index (χ3n) is 2.77. The lowest BCUT2D eigenvalue weighted by molar-refractivity contribution is 0.184. The maximum absolute atomic E-state index is 11.7. The van der Waals surface area contributed by atoms with Gasteiger partial charge in [-0.15, -0.1) is 11.3 Å². The molecule has 1 heterocycles. The maximum Gasteiger partial charge on any atom is 0.319 e. The minimum Gasteiger partial charge on any atom is -0.393 e. The van der Waals surface area contributed by atoms with Gasteiger partial charge in [-0.3, -0.25) is 0 Å². The lowest BCUT2D eigenvalue weighted by Gasteiger charge is -2.09. The van der Waals surface area contributed by atoms with Gasteiger partial charge in [0.05, 0.1) is 6.10 Å². The number of anilines is 1. The summed E-state index contributed by atoms with van der Waals surface area (Å²) in [5.41, 5.74) is 1.84. The quantitative estimate of drug-likeness (QED) is 0.791. The standard InChI is InChI=1S/C15H18N2O2S/c1-11(18)7-8-16-15(19)17-13-5-2-4-12(10-13)14-6-3-9-20-14/h2-6,9-11,18H,7-8H2,1H3,(H2,16,17,19). The van der Waals surface area contributed by atoms with Gasteiger partial charge in [-0.25, -0.2) is 4.79 Å². The molecule has 1 aromatic heterocycles. The van der Waals surface area contributed by atoms with Gasteiger partial charge in [-0.1, -0.05) is 18.2 Å². The Morgan fingerprint density at radius 1 is 1.35 bits per heavy atom. The normalized spacial score (nSPS) is 11.9. The Morgan fingerprint density at radius 2 is 2.20 bits per heavy atom. The van der Waals surface area contributed by atoms with Crippen molar-refractivity contribution in [3.63, 3.8) is 0 Å². The first-order valence-electron chi connectivity index (χ1n) is 6.52. The Morgan fingerprint density at radius 3 is 2.90 bits per heavy atom. The summed E-state index contributed by atoms with van der Waals surface area (Å²) >= 11 is 1.66. The predicted octanol–water partition coefficient (Wildman–Crippen LogP) is 3.31. The molecule has 4 nitrogen and oxygen atoms in total. The summed E-state index contributed by atoms with van der Waals surface area (Å²) in [5, 5.41) is 16.7. The summed E-state index contributed by atoms with van der Waals surface area (Å²) in [7, 11) is 0. The zero-order chi connectivity index (χ0) is 14.4. The molecule has 2 amide bonds. The van der Waals surface area contributed by atoms with Crippen molar-refractivity contribution in [2.45, 2.75) is 19.4 Å². The summed E-state index contributed by atoms with van der Waals surface area (Å²) in [4.78, 5) is 12.9. The van der Waals surface area contributed by atoms with Gasteiger partial charge in [0.25, 0.3) is 0 Å². The molecule has 2 aromatic rings. The molecule has 0 aliphatic heterocycles. The number of aliphatic hydroxyl groups is 1. The summed E-state index contributed by atoms with van der Waals surface area (Å²) in [6, 6.07) is 11.5. The summed E-state index contributed by atoms with van der Waals surface area (Å²) in [6.07, 6.45) is 0.139. The van der Waals surface area contributed by atoms with E-state index >= 15 is 0 Å². The van der Waals surface area contributed by atoms with E-state index in [1.54, 1.807) is 18.3 Å². The maximum atomic E-state index is 11.7. The molecule has 3 N–H and O–H groups in total. The van der Waals surface area contributed by atoms with Crippen molar-refractivity contribution in [3.8, 4) is 10.4 Å². The average Bonchev–Trinajstić information content (AvgIpc) is 2.92. The lowest BCUT2D eigenvalue weighted by atomic mass is 10.1. The predicted molar refractivity (Wildman–Crippen MR) is 83.1 cm³/mol. The van der Waals surface area contributed by atoms with Crippen LogP contribution in [0.1, 0.15) is 13.3 Å². The van der Waals surface area contributed by atoms with E-state index in [4.69, 9.17) is 5.11 Å². The van der Waals surface area contributed by atoms with Crippen LogP contribution in [-0.4, -0.2) is 23.8 Å². The fourth-order valence-corrected chi connectivity index (χ4v) is 2.49. The summed E-state index contributed by atoms with van der Waals surface area (Å²) in [5.74, 6) is 0. The zero-order valence-electron chi connectivity index (χ0n) is 11.3. The van der Waals surface area contributed by atoms with E-state index in [1.165, 1.54) is 4.88 Å². The van der Waals surface area contributed by atoms with E-state index in [0.717, 1.165) is 11.3 Å². The van der Waals surface area contributed by atoms with Gasteiger partial charge < -0.3 is 15.7 Å². The molecule has 0 fully saturated rings. The van der Waals surface area contributed by atoms with Crippen molar-refractivity contribution in [2.24, 2.45) is 0 Å². The van der Waals surface area contributed by atoms with Crippen LogP contribution in [0, 0.1) is 0 Å². The SMILES string of the molecule is CC(O)CCNC(=O)Nc1cccc(-c2cccs2)c1. The molecule has 1 aromatic carbocycles. The van der Waals surface area contributed by atoms with Crippen molar-refractivity contribution >= 4 is 23.1 Å². The van der Waals surface area contributed by atoms with Gasteiger partial charge in [0.1, 0.15) is 0 Å². The number of thiophene rings is 1. The molecule has 1 atom stereocenters. The van der Waals surface area contributed by atoms with E-state index in [-0.39, 0.29) is 6.03 Å². The lowest BCUT2D eigenvalue weighted by Crippen LogP contribution is -2.30. The zero-order valence-corrected chi connectivity index (χ0v) is 12.1. The molecular formula is C15H18N2O2S. The van der Waals surface area contributed by atoms with Crippen LogP contribution in [-0.2, 0) is 0 Å². The fraction of sp³-hybridized carbons (Fsp3) is 0.267. The first-order chi connectivity index (χ1) is 9.65. The first-order valence-corrected chi connectivity index (χ1v) is 7.40. The van der Waals surface area contributed by atoms with E-state index < -0.39 is 6.10 Å². The molecule has 0 spiro atoms. The molecule has 0 aliphatic carbocycles. The highest BCUT2D eigenvalue weighted by atomic mass is 32.1. The number of hydrogen-bond donors (Lipinski definition) is 3. The van der Waals surface area contributed by atoms with Crippen LogP contribution < -0.4 is 10.6 Å². The second-order valence-corrected chi connectivity index (χ2v) is 5.52. The van der Waals surface area contributed by atoms with E-state index in [9.17, 15) is 4.79 Å². The molecule has 20 heavy (non-hydrogen) atoms. The highest BCUT2D eigenvalue weighted by Crippen LogP contribution is 2.26. The molecule has 0 saturated heterocycles. The molecule has 0 aliphatic rings. The first kappa shape index (κ1) is 14.6. The Kier molecular flexibility index (Phi) is 5.15. The summed E-state index contributed by atoms with van der Waals surface area (Å²) < 4.78 is 0. The monoisotopic (exact) mass is 290 g/mol. The molecule has 1 unspecified atom stereocenters. The number of aliphatic hydroxyl groups excluding tert-OH is 1. The summed E-state index contributed by atoms with van der Waals surface area (Å²) in [6.45, 7) is 2.15. The second-order valence-electron chi connectivity index (χ2n) is 4.58. The number of rotatable bonds is 5. The van der Waals surface area contributed by atoms with Crippen LogP contribution in [0.15, 0.2) is 41.8 Å². The van der Waals surface area contributed by atoms with Gasteiger partial charge in [0.2, 0.25) is 0 Å². The van der Waals surface area contributed by atoms with Gasteiger partial charge in [0.15, 0.2) is 0 Å². The number of carbonyl (C=O) groups excluding carboxylic acids is 1. The Labute approximate surface area is 122 Å². The van der Waals surface area contributed by atoms with Gasteiger partial charge in [0, 0.05) is 17.1 Å². The average molecular weight is 290 g/mol. The number of nitrogens with one attached hydrogen (secondary N) is 2. The largest absolute Gasteiger partial charge is 0.393 e. The van der Waals surface area contributed by atoms with Crippen molar-refractivity contribution in [2.75, 3.05) is 11.9 Å². The Hall–Kier alpha value is -1.85. The number of amides is 2. The second kappa shape index (κ2) is 7.07. The van der Waals surface area contributed by atoms with E-state index in [1.807, 2.05) is 41.8 Å². The topological polar surface area (TPSA) is 61.4 Å². The van der Waals surface area contributed by atoms with Crippen LogP contribution in [0.25, 0.3) is 10.4 Å². The number of benzene rings is 1. The molecular weight excluding hydrogens is 272 g/mol. The highest BCUT2D eigenvalue weighted by molar-refractivity contribution is 7.13. The molecule has 2 rings (SSSR count). The minimum absolute atomic E-state index is 0.256.